The molecular formula is C27H21N3. The predicted octanol–water partition coefficient (Wildman–Crippen LogP) is 6.76. The van der Waals surface area contributed by atoms with Crippen molar-refractivity contribution in [1.82, 2.24) is 9.89 Å². The Labute approximate surface area is 176 Å². The molecule has 1 heterocycles. The van der Waals surface area contributed by atoms with Gasteiger partial charge in [-0.15, -0.1) is 0 Å². The van der Waals surface area contributed by atoms with Gasteiger partial charge in [-0.3, -0.25) is 5.43 Å². The van der Waals surface area contributed by atoms with E-state index >= 15 is 0 Å². The SMILES string of the molecule is c1ccc(-c2ccn(Nc3c(-c4ccccc4)cccc3-c3ccccc3)n2)cc1. The van der Waals surface area contributed by atoms with Gasteiger partial charge in [-0.05, 0) is 17.2 Å². The molecule has 0 unspecified atom stereocenters. The lowest BCUT2D eigenvalue weighted by Crippen LogP contribution is -2.11. The van der Waals surface area contributed by atoms with E-state index in [0.29, 0.717) is 0 Å². The summed E-state index contributed by atoms with van der Waals surface area (Å²) in [6, 6.07) is 39.5. The minimum atomic E-state index is 0.932. The van der Waals surface area contributed by atoms with E-state index < -0.39 is 0 Å². The molecule has 0 spiro atoms. The van der Waals surface area contributed by atoms with Crippen molar-refractivity contribution in [3.8, 4) is 33.5 Å². The number of hydrogen-bond acceptors (Lipinski definition) is 2. The summed E-state index contributed by atoms with van der Waals surface area (Å²) < 4.78 is 0. The third kappa shape index (κ3) is 3.61. The maximum Gasteiger partial charge on any atom is 0.0944 e. The number of aromatic nitrogens is 2. The smallest absolute Gasteiger partial charge is 0.0944 e. The first-order valence-corrected chi connectivity index (χ1v) is 10.0. The van der Waals surface area contributed by atoms with Crippen LogP contribution in [0.25, 0.3) is 33.5 Å². The highest BCUT2D eigenvalue weighted by Gasteiger charge is 2.13. The Morgan fingerprint density at radius 1 is 0.500 bits per heavy atom. The van der Waals surface area contributed by atoms with Crippen molar-refractivity contribution >= 4 is 5.69 Å². The number of anilines is 1. The van der Waals surface area contributed by atoms with Crippen LogP contribution in [0.15, 0.2) is 121 Å². The van der Waals surface area contributed by atoms with E-state index in [2.05, 4.69) is 84.3 Å². The van der Waals surface area contributed by atoms with E-state index in [-0.39, 0.29) is 0 Å². The number of benzene rings is 4. The molecule has 1 aromatic heterocycles. The molecule has 3 nitrogen and oxygen atoms in total. The molecule has 0 aliphatic heterocycles. The van der Waals surface area contributed by atoms with Crippen LogP contribution in [0, 0.1) is 0 Å². The molecule has 0 saturated heterocycles. The zero-order chi connectivity index (χ0) is 20.2. The van der Waals surface area contributed by atoms with Crippen molar-refractivity contribution in [2.75, 3.05) is 5.43 Å². The molecule has 144 valence electrons. The Morgan fingerprint density at radius 3 is 1.53 bits per heavy atom. The molecule has 0 fully saturated rings. The molecule has 5 aromatic rings. The number of para-hydroxylation sites is 1. The summed E-state index contributed by atoms with van der Waals surface area (Å²) in [5.41, 5.74) is 11.2. The highest BCUT2D eigenvalue weighted by Crippen LogP contribution is 2.37. The zero-order valence-corrected chi connectivity index (χ0v) is 16.4. The third-order valence-corrected chi connectivity index (χ3v) is 5.12. The van der Waals surface area contributed by atoms with Crippen molar-refractivity contribution in [3.63, 3.8) is 0 Å². The minimum Gasteiger partial charge on any atom is -0.277 e. The predicted molar refractivity (Wildman–Crippen MR) is 124 cm³/mol. The fraction of sp³-hybridized carbons (Fsp3) is 0. The third-order valence-electron chi connectivity index (χ3n) is 5.12. The van der Waals surface area contributed by atoms with Crippen LogP contribution < -0.4 is 5.43 Å². The summed E-state index contributed by atoms with van der Waals surface area (Å²) in [5.74, 6) is 0. The summed E-state index contributed by atoms with van der Waals surface area (Å²) >= 11 is 0. The molecule has 30 heavy (non-hydrogen) atoms. The van der Waals surface area contributed by atoms with E-state index in [4.69, 9.17) is 5.10 Å². The molecule has 0 bridgehead atoms. The highest BCUT2D eigenvalue weighted by atomic mass is 15.6. The maximum atomic E-state index is 4.75. The van der Waals surface area contributed by atoms with Crippen molar-refractivity contribution in [1.29, 1.82) is 0 Å². The topological polar surface area (TPSA) is 29.9 Å². The summed E-state index contributed by atoms with van der Waals surface area (Å²) in [7, 11) is 0. The molecule has 0 amide bonds. The van der Waals surface area contributed by atoms with Crippen molar-refractivity contribution in [2.24, 2.45) is 0 Å². The minimum absolute atomic E-state index is 0.932. The van der Waals surface area contributed by atoms with Crippen LogP contribution in [0.1, 0.15) is 0 Å². The molecule has 0 saturated carbocycles. The van der Waals surface area contributed by atoms with Gasteiger partial charge in [0, 0.05) is 22.9 Å². The van der Waals surface area contributed by atoms with Gasteiger partial charge in [0.05, 0.1) is 11.4 Å². The number of nitrogens with zero attached hydrogens (tertiary/aromatic N) is 2. The van der Waals surface area contributed by atoms with Gasteiger partial charge in [0.2, 0.25) is 0 Å². The fourth-order valence-electron chi connectivity index (χ4n) is 3.65. The summed E-state index contributed by atoms with van der Waals surface area (Å²) in [4.78, 5) is 1.79. The first-order chi connectivity index (χ1) is 14.9. The second-order valence-corrected chi connectivity index (χ2v) is 7.08. The van der Waals surface area contributed by atoms with Crippen LogP contribution in [-0.4, -0.2) is 9.89 Å². The molecule has 3 heteroatoms. The van der Waals surface area contributed by atoms with Gasteiger partial charge in [0.1, 0.15) is 0 Å². The first kappa shape index (κ1) is 18.0. The lowest BCUT2D eigenvalue weighted by Gasteiger charge is -2.17. The van der Waals surface area contributed by atoms with E-state index in [1.165, 1.54) is 0 Å². The van der Waals surface area contributed by atoms with Gasteiger partial charge >= 0.3 is 0 Å². The van der Waals surface area contributed by atoms with Gasteiger partial charge < -0.3 is 0 Å². The van der Waals surface area contributed by atoms with Crippen LogP contribution in [0.2, 0.25) is 0 Å². The van der Waals surface area contributed by atoms with E-state index in [0.717, 1.165) is 39.2 Å². The lowest BCUT2D eigenvalue weighted by atomic mass is 9.96. The maximum absolute atomic E-state index is 4.75. The molecule has 0 radical (unpaired) electrons. The highest BCUT2D eigenvalue weighted by molar-refractivity contribution is 5.90. The Bertz CT molecular complexity index is 1190. The molecule has 5 rings (SSSR count). The standard InChI is InChI=1S/C27H21N3/c1-4-11-21(12-5-1)24-17-10-18-25(22-13-6-2-7-14-22)27(24)29-30-20-19-26(28-30)23-15-8-3-9-16-23/h1-20,29H. The fourth-order valence-corrected chi connectivity index (χ4v) is 3.65. The quantitative estimate of drug-likeness (QED) is 0.361. The van der Waals surface area contributed by atoms with Crippen LogP contribution in [0.5, 0.6) is 0 Å². The van der Waals surface area contributed by atoms with Gasteiger partial charge in [0.15, 0.2) is 0 Å². The van der Waals surface area contributed by atoms with Crippen LogP contribution >= 0.6 is 0 Å². The second-order valence-electron chi connectivity index (χ2n) is 7.08. The Kier molecular flexibility index (Phi) is 4.84. The second kappa shape index (κ2) is 8.10. The van der Waals surface area contributed by atoms with Crippen LogP contribution in [0.4, 0.5) is 5.69 Å². The molecule has 0 atom stereocenters. The molecule has 0 aliphatic rings. The molecular weight excluding hydrogens is 366 g/mol. The van der Waals surface area contributed by atoms with E-state index in [1.54, 1.807) is 4.79 Å². The van der Waals surface area contributed by atoms with Gasteiger partial charge in [0.25, 0.3) is 0 Å². The largest absolute Gasteiger partial charge is 0.277 e. The zero-order valence-electron chi connectivity index (χ0n) is 16.4. The van der Waals surface area contributed by atoms with Gasteiger partial charge in [-0.2, -0.15) is 9.89 Å². The number of hydrogen-bond donors (Lipinski definition) is 1. The number of rotatable bonds is 5. The summed E-state index contributed by atoms with van der Waals surface area (Å²) in [6.45, 7) is 0. The monoisotopic (exact) mass is 387 g/mol. The summed E-state index contributed by atoms with van der Waals surface area (Å²) in [5, 5.41) is 4.75. The molecule has 1 N–H and O–H groups in total. The van der Waals surface area contributed by atoms with Gasteiger partial charge in [-0.25, -0.2) is 0 Å². The Hall–Kier alpha value is -4.11. The number of nitrogens with one attached hydrogen (secondary N) is 1. The first-order valence-electron chi connectivity index (χ1n) is 10.0. The van der Waals surface area contributed by atoms with Gasteiger partial charge in [-0.1, -0.05) is 109 Å². The van der Waals surface area contributed by atoms with Crippen molar-refractivity contribution < 1.29 is 0 Å². The lowest BCUT2D eigenvalue weighted by molar-refractivity contribution is 0.808. The van der Waals surface area contributed by atoms with Crippen molar-refractivity contribution in [3.05, 3.63) is 121 Å². The van der Waals surface area contributed by atoms with E-state index in [9.17, 15) is 0 Å². The molecule has 4 aromatic carbocycles. The van der Waals surface area contributed by atoms with Crippen LogP contribution in [0.3, 0.4) is 0 Å². The Morgan fingerprint density at radius 2 is 1.00 bits per heavy atom. The average molecular weight is 387 g/mol. The summed E-state index contributed by atoms with van der Waals surface area (Å²) in [6.07, 6.45) is 1.96. The normalized spacial score (nSPS) is 10.7. The van der Waals surface area contributed by atoms with Crippen LogP contribution in [-0.2, 0) is 0 Å². The van der Waals surface area contributed by atoms with Crippen molar-refractivity contribution in [2.45, 2.75) is 0 Å². The Balaban J connectivity index is 1.60. The average Bonchev–Trinajstić information content (AvgIpc) is 3.30. The van der Waals surface area contributed by atoms with E-state index in [1.807, 2.05) is 42.6 Å². The molecule has 0 aliphatic carbocycles.